The highest BCUT2D eigenvalue weighted by atomic mass is 35.5. The summed E-state index contributed by atoms with van der Waals surface area (Å²) in [6.07, 6.45) is 3.38. The van der Waals surface area contributed by atoms with Crippen LogP contribution in [-0.2, 0) is 4.79 Å². The number of nitrogens with one attached hydrogen (secondary N) is 1. The molecule has 1 saturated heterocycles. The van der Waals surface area contributed by atoms with E-state index in [1.54, 1.807) is 31.3 Å². The van der Waals surface area contributed by atoms with Crippen LogP contribution in [0, 0.1) is 5.92 Å². The fraction of sp³-hybridized carbons (Fsp3) is 0.533. The summed E-state index contributed by atoms with van der Waals surface area (Å²) in [6, 6.07) is 4.83. The van der Waals surface area contributed by atoms with E-state index >= 15 is 0 Å². The lowest BCUT2D eigenvalue weighted by Gasteiger charge is -2.33. The van der Waals surface area contributed by atoms with Crippen molar-refractivity contribution in [3.8, 4) is 0 Å². The van der Waals surface area contributed by atoms with Crippen LogP contribution in [0.4, 0.5) is 0 Å². The van der Waals surface area contributed by atoms with Gasteiger partial charge in [0.15, 0.2) is 0 Å². The van der Waals surface area contributed by atoms with E-state index in [9.17, 15) is 9.59 Å². The van der Waals surface area contributed by atoms with Crippen molar-refractivity contribution < 1.29 is 9.59 Å². The highest BCUT2D eigenvalue weighted by Gasteiger charge is 2.24. The third-order valence-electron chi connectivity index (χ3n) is 3.76. The van der Waals surface area contributed by atoms with Gasteiger partial charge in [-0.05, 0) is 37.8 Å². The number of hydrogen-bond acceptors (Lipinski definition) is 4. The van der Waals surface area contributed by atoms with Gasteiger partial charge in [0.25, 0.3) is 5.91 Å². The van der Waals surface area contributed by atoms with Crippen molar-refractivity contribution in [2.24, 2.45) is 11.7 Å². The minimum Gasteiger partial charge on any atom is -0.350 e. The minimum absolute atomic E-state index is 0. The molecule has 1 aliphatic heterocycles. The van der Waals surface area contributed by atoms with Crippen LogP contribution < -0.4 is 11.1 Å². The van der Waals surface area contributed by atoms with Crippen LogP contribution in [0.3, 0.4) is 0 Å². The van der Waals surface area contributed by atoms with E-state index in [0.717, 1.165) is 12.8 Å². The zero-order valence-electron chi connectivity index (χ0n) is 12.7. The van der Waals surface area contributed by atoms with Crippen LogP contribution in [0.15, 0.2) is 24.4 Å². The number of rotatable bonds is 4. The van der Waals surface area contributed by atoms with E-state index in [1.807, 2.05) is 4.90 Å². The first-order chi connectivity index (χ1) is 10.1. The molecule has 0 unspecified atom stereocenters. The summed E-state index contributed by atoms with van der Waals surface area (Å²) in [6.45, 7) is 3.76. The van der Waals surface area contributed by atoms with Gasteiger partial charge in [-0.3, -0.25) is 14.6 Å². The van der Waals surface area contributed by atoms with E-state index in [2.05, 4.69) is 10.3 Å². The zero-order valence-corrected chi connectivity index (χ0v) is 13.5. The predicted molar refractivity (Wildman–Crippen MR) is 86.8 cm³/mol. The van der Waals surface area contributed by atoms with Gasteiger partial charge < -0.3 is 16.0 Å². The molecule has 2 rings (SSSR count). The average molecular weight is 327 g/mol. The Bertz CT molecular complexity index is 488. The van der Waals surface area contributed by atoms with Crippen LogP contribution in [0.2, 0.25) is 0 Å². The van der Waals surface area contributed by atoms with Crippen LogP contribution in [0.5, 0.6) is 0 Å². The summed E-state index contributed by atoms with van der Waals surface area (Å²) < 4.78 is 0. The van der Waals surface area contributed by atoms with Gasteiger partial charge in [-0.1, -0.05) is 6.07 Å². The molecule has 0 saturated carbocycles. The summed E-state index contributed by atoms with van der Waals surface area (Å²) in [7, 11) is 0. The number of nitrogens with zero attached hydrogens (tertiary/aromatic N) is 2. The van der Waals surface area contributed by atoms with Crippen molar-refractivity contribution >= 4 is 24.2 Å². The van der Waals surface area contributed by atoms with E-state index in [1.165, 1.54) is 0 Å². The summed E-state index contributed by atoms with van der Waals surface area (Å²) in [5, 5.41) is 2.91. The Hall–Kier alpha value is -1.66. The minimum atomic E-state index is -0.439. The van der Waals surface area contributed by atoms with Crippen LogP contribution >= 0.6 is 12.4 Å². The molecule has 1 aliphatic rings. The summed E-state index contributed by atoms with van der Waals surface area (Å²) in [5.74, 6) is 0.255. The van der Waals surface area contributed by atoms with Crippen LogP contribution in [0.1, 0.15) is 30.3 Å². The Balaban J connectivity index is 0.00000242. The number of carbonyl (C=O) groups is 2. The topological polar surface area (TPSA) is 88.3 Å². The Morgan fingerprint density at radius 2 is 2.09 bits per heavy atom. The van der Waals surface area contributed by atoms with Gasteiger partial charge >= 0.3 is 0 Å². The van der Waals surface area contributed by atoms with Gasteiger partial charge in [-0.25, -0.2) is 0 Å². The molecular weight excluding hydrogens is 304 g/mol. The maximum atomic E-state index is 11.9. The quantitative estimate of drug-likeness (QED) is 0.857. The number of likely N-dealkylation sites (tertiary alicyclic amines) is 1. The molecule has 1 atom stereocenters. The molecule has 22 heavy (non-hydrogen) atoms. The molecule has 3 N–H and O–H groups in total. The number of halogens is 1. The highest BCUT2D eigenvalue weighted by Crippen LogP contribution is 2.17. The van der Waals surface area contributed by atoms with Gasteiger partial charge in [0, 0.05) is 25.8 Å². The number of aromatic nitrogens is 1. The first-order valence-electron chi connectivity index (χ1n) is 7.31. The van der Waals surface area contributed by atoms with Crippen molar-refractivity contribution in [3.05, 3.63) is 30.1 Å². The van der Waals surface area contributed by atoms with Gasteiger partial charge in [-0.15, -0.1) is 12.4 Å². The second kappa shape index (κ2) is 8.70. The first-order valence-corrected chi connectivity index (χ1v) is 7.31. The van der Waals surface area contributed by atoms with Gasteiger partial charge in [0.1, 0.15) is 5.69 Å². The lowest BCUT2D eigenvalue weighted by molar-refractivity contribution is -0.133. The molecule has 1 aromatic heterocycles. The molecule has 0 aromatic carbocycles. The van der Waals surface area contributed by atoms with Gasteiger partial charge in [0.05, 0.1) is 6.04 Å². The molecule has 7 heteroatoms. The van der Waals surface area contributed by atoms with E-state index in [-0.39, 0.29) is 24.2 Å². The number of nitrogens with two attached hydrogens (primary N) is 1. The standard InChI is InChI=1S/C15H22N4O2.ClH/c1-11(16)15(21)19-8-5-12(6-9-19)10-18-14(20)13-4-2-3-7-17-13;/h2-4,7,11-12H,5-6,8-10,16H2,1H3,(H,18,20);1H/t11-;/m1./s1. The molecule has 122 valence electrons. The molecule has 2 amide bonds. The largest absolute Gasteiger partial charge is 0.350 e. The second-order valence-electron chi connectivity index (χ2n) is 5.48. The molecule has 1 aromatic rings. The van der Waals surface area contributed by atoms with E-state index in [4.69, 9.17) is 5.73 Å². The lowest BCUT2D eigenvalue weighted by Crippen LogP contribution is -2.47. The number of pyridine rings is 1. The number of amides is 2. The Morgan fingerprint density at radius 1 is 1.41 bits per heavy atom. The average Bonchev–Trinajstić information content (AvgIpc) is 2.53. The normalized spacial score (nSPS) is 16.5. The molecule has 1 fully saturated rings. The van der Waals surface area contributed by atoms with Crippen molar-refractivity contribution in [3.63, 3.8) is 0 Å². The lowest BCUT2D eigenvalue weighted by atomic mass is 9.96. The summed E-state index contributed by atoms with van der Waals surface area (Å²) in [4.78, 5) is 29.5. The monoisotopic (exact) mass is 326 g/mol. The highest BCUT2D eigenvalue weighted by molar-refractivity contribution is 5.92. The first kappa shape index (κ1) is 18.4. The van der Waals surface area contributed by atoms with E-state index < -0.39 is 6.04 Å². The SMILES string of the molecule is C[C@@H](N)C(=O)N1CCC(CNC(=O)c2ccccn2)CC1.Cl. The Labute approximate surface area is 136 Å². The van der Waals surface area contributed by atoms with Crippen LogP contribution in [-0.4, -0.2) is 47.4 Å². The molecule has 2 heterocycles. The van der Waals surface area contributed by atoms with E-state index in [0.29, 0.717) is 31.2 Å². The molecule has 0 bridgehead atoms. The maximum absolute atomic E-state index is 11.9. The number of piperidine rings is 1. The van der Waals surface area contributed by atoms with Crippen molar-refractivity contribution in [1.29, 1.82) is 0 Å². The third-order valence-corrected chi connectivity index (χ3v) is 3.76. The zero-order chi connectivity index (χ0) is 15.2. The van der Waals surface area contributed by atoms with Crippen molar-refractivity contribution in [1.82, 2.24) is 15.2 Å². The third kappa shape index (κ3) is 4.96. The van der Waals surface area contributed by atoms with Gasteiger partial charge in [0.2, 0.25) is 5.91 Å². The van der Waals surface area contributed by atoms with Crippen molar-refractivity contribution in [2.75, 3.05) is 19.6 Å². The smallest absolute Gasteiger partial charge is 0.269 e. The summed E-state index contributed by atoms with van der Waals surface area (Å²) in [5.41, 5.74) is 6.04. The predicted octanol–water partition coefficient (Wildman–Crippen LogP) is 0.819. The molecule has 0 aliphatic carbocycles. The molecular formula is C15H23ClN4O2. The Kier molecular flexibility index (Phi) is 7.27. The van der Waals surface area contributed by atoms with Crippen LogP contribution in [0.25, 0.3) is 0 Å². The van der Waals surface area contributed by atoms with Crippen molar-refractivity contribution in [2.45, 2.75) is 25.8 Å². The van der Waals surface area contributed by atoms with Gasteiger partial charge in [-0.2, -0.15) is 0 Å². The number of hydrogen-bond donors (Lipinski definition) is 2. The fourth-order valence-electron chi connectivity index (χ4n) is 2.47. The molecule has 0 spiro atoms. The second-order valence-corrected chi connectivity index (χ2v) is 5.48. The molecule has 6 nitrogen and oxygen atoms in total. The summed E-state index contributed by atoms with van der Waals surface area (Å²) >= 11 is 0. The number of carbonyl (C=O) groups excluding carboxylic acids is 2. The Morgan fingerprint density at radius 3 is 2.64 bits per heavy atom. The fourth-order valence-corrected chi connectivity index (χ4v) is 2.47. The maximum Gasteiger partial charge on any atom is 0.269 e. The molecule has 0 radical (unpaired) electrons.